The maximum Gasteiger partial charge on any atom is 0.204 e. The van der Waals surface area contributed by atoms with E-state index in [1.807, 2.05) is 6.07 Å². The largest absolute Gasteiger partial charge is 0.494 e. The summed E-state index contributed by atoms with van der Waals surface area (Å²) in [6.45, 7) is 3.06. The lowest BCUT2D eigenvalue weighted by Crippen LogP contribution is -2.34. The number of rotatable bonds is 9. The van der Waals surface area contributed by atoms with Crippen molar-refractivity contribution in [2.45, 2.75) is 25.2 Å². The molecule has 0 fully saturated rings. The molecule has 0 spiro atoms. The van der Waals surface area contributed by atoms with Gasteiger partial charge in [-0.25, -0.2) is 18.4 Å². The first kappa shape index (κ1) is 25.8. The lowest BCUT2D eigenvalue weighted by atomic mass is 10.1. The van der Waals surface area contributed by atoms with E-state index in [4.69, 9.17) is 19.2 Å². The van der Waals surface area contributed by atoms with Crippen LogP contribution in [0.2, 0.25) is 0 Å². The summed E-state index contributed by atoms with van der Waals surface area (Å²) in [4.78, 5) is 7.88. The van der Waals surface area contributed by atoms with Crippen molar-refractivity contribution in [3.05, 3.63) is 65.7 Å². The molecule has 0 unspecified atom stereocenters. The van der Waals surface area contributed by atoms with Crippen molar-refractivity contribution in [1.82, 2.24) is 24.7 Å². The molecule has 0 amide bonds. The molecule has 0 aliphatic carbocycles. The zero-order valence-electron chi connectivity index (χ0n) is 20.5. The van der Waals surface area contributed by atoms with E-state index in [9.17, 15) is 13.5 Å². The Morgan fingerprint density at radius 3 is 2.30 bits per heavy atom. The molecule has 4 aromatic rings. The highest BCUT2D eigenvalue weighted by molar-refractivity contribution is 7.90. The van der Waals surface area contributed by atoms with Gasteiger partial charge >= 0.3 is 0 Å². The third-order valence-corrected chi connectivity index (χ3v) is 7.13. The summed E-state index contributed by atoms with van der Waals surface area (Å²) in [5, 5.41) is 28.2. The number of furan rings is 1. The molecule has 192 valence electrons. The van der Waals surface area contributed by atoms with Crippen molar-refractivity contribution in [3.8, 4) is 34.8 Å². The van der Waals surface area contributed by atoms with E-state index < -0.39 is 26.9 Å². The van der Waals surface area contributed by atoms with Crippen LogP contribution < -0.4 is 9.47 Å². The van der Waals surface area contributed by atoms with Gasteiger partial charge in [-0.1, -0.05) is 6.07 Å². The second-order valence-corrected chi connectivity index (χ2v) is 10.5. The first-order valence-electron chi connectivity index (χ1n) is 11.0. The molecule has 0 saturated carbocycles. The molecule has 3 heterocycles. The van der Waals surface area contributed by atoms with E-state index in [0.29, 0.717) is 28.7 Å². The van der Waals surface area contributed by atoms with Gasteiger partial charge in [-0.15, -0.1) is 10.2 Å². The number of hydrogen-bond donors (Lipinski definition) is 1. The number of aliphatic hydroxyl groups is 1. The number of methoxy groups -OCH3 is 2. The zero-order valence-corrected chi connectivity index (χ0v) is 21.4. The van der Waals surface area contributed by atoms with Crippen molar-refractivity contribution in [2.75, 3.05) is 20.0 Å². The number of sulfone groups is 1. The quantitative estimate of drug-likeness (QED) is 0.341. The van der Waals surface area contributed by atoms with Crippen molar-refractivity contribution < 1.29 is 27.4 Å². The summed E-state index contributed by atoms with van der Waals surface area (Å²) < 4.78 is 45.0. The lowest BCUT2D eigenvalue weighted by Gasteiger charge is -2.21. The van der Waals surface area contributed by atoms with E-state index in [0.717, 1.165) is 0 Å². The summed E-state index contributed by atoms with van der Waals surface area (Å²) in [5.41, 5.74) is -1.36. The Morgan fingerprint density at radius 1 is 1.11 bits per heavy atom. The molecule has 3 aromatic heterocycles. The van der Waals surface area contributed by atoms with E-state index in [1.165, 1.54) is 38.1 Å². The van der Waals surface area contributed by atoms with Crippen LogP contribution in [0, 0.1) is 18.3 Å². The molecule has 12 nitrogen and oxygen atoms in total. The Balaban J connectivity index is 1.78. The van der Waals surface area contributed by atoms with Crippen LogP contribution in [0.25, 0.3) is 17.3 Å². The smallest absolute Gasteiger partial charge is 0.204 e. The van der Waals surface area contributed by atoms with Crippen LogP contribution in [0.3, 0.4) is 0 Å². The average molecular weight is 525 g/mol. The number of hydrogen-bond acceptors (Lipinski definition) is 11. The first-order chi connectivity index (χ1) is 17.6. The van der Waals surface area contributed by atoms with Gasteiger partial charge in [-0.3, -0.25) is 4.57 Å². The molecule has 4 rings (SSSR count). The SMILES string of the molecule is COc1cccc(OC)c1-n1c(CS(=O)(=O)C[C@](C)(O)c2ncc(C#N)cn2)nnc1-c1ccc(C)o1. The highest BCUT2D eigenvalue weighted by atomic mass is 32.2. The normalized spacial score (nSPS) is 13.1. The second-order valence-electron chi connectivity index (χ2n) is 8.41. The summed E-state index contributed by atoms with van der Waals surface area (Å²) in [6, 6.07) is 10.4. The molecule has 1 atom stereocenters. The van der Waals surface area contributed by atoms with Gasteiger partial charge in [-0.2, -0.15) is 5.26 Å². The highest BCUT2D eigenvalue weighted by Crippen LogP contribution is 2.37. The number of nitriles is 1. The molecule has 1 N–H and O–H groups in total. The van der Waals surface area contributed by atoms with Gasteiger partial charge in [0.2, 0.25) is 5.82 Å². The standard InChI is InChI=1S/C24H24N6O6S/c1-15-8-9-19(36-15)22-29-28-20(30(22)21-17(34-3)6-5-7-18(21)35-4)13-37(32,33)14-24(2,31)23-26-11-16(10-25)12-27-23/h5-9,11-12,31H,13-14H2,1-4H3/t24-/m0/s1. The van der Waals surface area contributed by atoms with Crippen LogP contribution in [0.15, 0.2) is 47.1 Å². The van der Waals surface area contributed by atoms with E-state index in [1.54, 1.807) is 37.3 Å². The van der Waals surface area contributed by atoms with Crippen molar-refractivity contribution in [3.63, 3.8) is 0 Å². The minimum atomic E-state index is -4.02. The third kappa shape index (κ3) is 5.30. The molecular weight excluding hydrogens is 500 g/mol. The molecule has 0 aliphatic rings. The maximum atomic E-state index is 13.3. The number of para-hydroxylation sites is 1. The van der Waals surface area contributed by atoms with Crippen LogP contribution >= 0.6 is 0 Å². The Hall–Kier alpha value is -4.28. The number of benzene rings is 1. The van der Waals surface area contributed by atoms with Gasteiger partial charge in [0.15, 0.2) is 27.2 Å². The molecule has 13 heteroatoms. The van der Waals surface area contributed by atoms with E-state index >= 15 is 0 Å². The fourth-order valence-electron chi connectivity index (χ4n) is 3.82. The number of nitrogens with zero attached hydrogens (tertiary/aromatic N) is 6. The van der Waals surface area contributed by atoms with Gasteiger partial charge in [0, 0.05) is 12.4 Å². The predicted octanol–water partition coefficient (Wildman–Crippen LogP) is 2.34. The maximum absolute atomic E-state index is 13.3. The topological polar surface area (TPSA) is 166 Å². The van der Waals surface area contributed by atoms with Crippen molar-refractivity contribution in [1.29, 1.82) is 5.26 Å². The van der Waals surface area contributed by atoms with Crippen LogP contribution in [0.4, 0.5) is 0 Å². The summed E-state index contributed by atoms with van der Waals surface area (Å²) in [5.74, 6) is 0.621. The monoisotopic (exact) mass is 524 g/mol. The number of aryl methyl sites for hydroxylation is 1. The van der Waals surface area contributed by atoms with Crippen molar-refractivity contribution >= 4 is 9.84 Å². The summed E-state index contributed by atoms with van der Waals surface area (Å²) in [7, 11) is -1.07. The predicted molar refractivity (Wildman–Crippen MR) is 131 cm³/mol. The number of ether oxygens (including phenoxy) is 2. The number of aromatic nitrogens is 5. The highest BCUT2D eigenvalue weighted by Gasteiger charge is 2.35. The molecule has 0 saturated heterocycles. The first-order valence-corrected chi connectivity index (χ1v) is 12.8. The Kier molecular flexibility index (Phi) is 6.97. The third-order valence-electron chi connectivity index (χ3n) is 5.43. The van der Waals surface area contributed by atoms with E-state index in [-0.39, 0.29) is 23.0 Å². The van der Waals surface area contributed by atoms with Gasteiger partial charge in [0.25, 0.3) is 0 Å². The van der Waals surface area contributed by atoms with Gasteiger partial charge < -0.3 is 19.0 Å². The minimum absolute atomic E-state index is 0.0448. The van der Waals surface area contributed by atoms with Crippen LogP contribution in [-0.4, -0.2) is 58.2 Å². The Labute approximate surface area is 213 Å². The molecule has 0 bridgehead atoms. The summed E-state index contributed by atoms with van der Waals surface area (Å²) >= 11 is 0. The molecule has 0 radical (unpaired) electrons. The summed E-state index contributed by atoms with van der Waals surface area (Å²) in [6.07, 6.45) is 2.43. The average Bonchev–Trinajstić information content (AvgIpc) is 3.48. The van der Waals surface area contributed by atoms with Crippen LogP contribution in [-0.2, 0) is 21.2 Å². The molecule has 37 heavy (non-hydrogen) atoms. The van der Waals surface area contributed by atoms with Gasteiger partial charge in [0.05, 0.1) is 25.5 Å². The molecular formula is C24H24N6O6S. The Bertz CT molecular complexity index is 1550. The van der Waals surface area contributed by atoms with Crippen LogP contribution in [0.5, 0.6) is 11.5 Å². The van der Waals surface area contributed by atoms with E-state index in [2.05, 4.69) is 20.2 Å². The Morgan fingerprint density at radius 2 is 1.76 bits per heavy atom. The fourth-order valence-corrected chi connectivity index (χ4v) is 5.48. The minimum Gasteiger partial charge on any atom is -0.494 e. The fraction of sp³-hybridized carbons (Fsp3) is 0.292. The van der Waals surface area contributed by atoms with Crippen molar-refractivity contribution in [2.24, 2.45) is 0 Å². The van der Waals surface area contributed by atoms with Gasteiger partial charge in [0.1, 0.15) is 40.4 Å². The lowest BCUT2D eigenvalue weighted by molar-refractivity contribution is 0.0720. The van der Waals surface area contributed by atoms with Crippen LogP contribution in [0.1, 0.15) is 29.9 Å². The van der Waals surface area contributed by atoms with Gasteiger partial charge in [-0.05, 0) is 38.1 Å². The molecule has 0 aliphatic heterocycles. The molecule has 1 aromatic carbocycles. The second kappa shape index (κ2) is 10.00. The zero-order chi connectivity index (χ0) is 26.8.